The van der Waals surface area contributed by atoms with Crippen LogP contribution in [0.25, 0.3) is 10.9 Å². The Morgan fingerprint density at radius 3 is 2.69 bits per heavy atom. The third-order valence-corrected chi connectivity index (χ3v) is 5.35. The summed E-state index contributed by atoms with van der Waals surface area (Å²) in [6, 6.07) is 14.2. The average Bonchev–Trinajstić information content (AvgIpc) is 3.08. The first kappa shape index (κ1) is 20.3. The predicted molar refractivity (Wildman–Crippen MR) is 104 cm³/mol. The van der Waals surface area contributed by atoms with Crippen molar-refractivity contribution >= 4 is 16.8 Å². The maximum absolute atomic E-state index is 14.6. The number of amides is 1. The van der Waals surface area contributed by atoms with Crippen LogP contribution in [0.3, 0.4) is 0 Å². The Balaban J connectivity index is 1.38. The summed E-state index contributed by atoms with van der Waals surface area (Å²) < 4.78 is 70.4. The van der Waals surface area contributed by atoms with Crippen LogP contribution in [-0.4, -0.2) is 47.2 Å². The van der Waals surface area contributed by atoms with Gasteiger partial charge in [0.1, 0.15) is 0 Å². The minimum atomic E-state index is -3.90. The van der Waals surface area contributed by atoms with Gasteiger partial charge in [-0.15, -0.1) is 8.78 Å². The van der Waals surface area contributed by atoms with Gasteiger partial charge in [0.25, 0.3) is 11.8 Å². The molecule has 2 aromatic carbocycles. The molecule has 6 nitrogen and oxygen atoms in total. The summed E-state index contributed by atoms with van der Waals surface area (Å²) in [5.74, 6) is -4.67. The van der Waals surface area contributed by atoms with Crippen molar-refractivity contribution in [1.82, 2.24) is 9.88 Å². The van der Waals surface area contributed by atoms with Crippen molar-refractivity contribution in [2.24, 2.45) is 0 Å². The van der Waals surface area contributed by atoms with Gasteiger partial charge >= 0.3 is 6.29 Å². The third kappa shape index (κ3) is 3.65. The summed E-state index contributed by atoms with van der Waals surface area (Å²) in [7, 11) is 0. The Hall–Kier alpha value is -3.56. The summed E-state index contributed by atoms with van der Waals surface area (Å²) in [5.41, 5.74) is 0.377. The number of piperidine rings is 1. The standard InChI is InChI=1S/C22H16F4N2O4/c23-21(24)10-11-28(20(29)14-5-3-7-16-19(14)32-22(25,26)31-16)12-17(21)30-18-9-8-13-4-1-2-6-15(13)27-18/h1-9,17H,10-12H2. The van der Waals surface area contributed by atoms with Crippen molar-refractivity contribution in [3.8, 4) is 17.4 Å². The van der Waals surface area contributed by atoms with Crippen LogP contribution < -0.4 is 14.2 Å². The van der Waals surface area contributed by atoms with Crippen molar-refractivity contribution in [2.45, 2.75) is 24.7 Å². The molecule has 1 unspecified atom stereocenters. The molecule has 1 saturated heterocycles. The monoisotopic (exact) mass is 448 g/mol. The number of aromatic nitrogens is 1. The lowest BCUT2D eigenvalue weighted by Gasteiger charge is -2.38. The van der Waals surface area contributed by atoms with Gasteiger partial charge < -0.3 is 19.1 Å². The van der Waals surface area contributed by atoms with E-state index in [1.54, 1.807) is 18.2 Å². The Kier molecular flexibility index (Phi) is 4.61. The quantitative estimate of drug-likeness (QED) is 0.553. The first-order chi connectivity index (χ1) is 15.2. The molecule has 2 aliphatic rings. The molecule has 166 valence electrons. The van der Waals surface area contributed by atoms with E-state index < -0.39 is 42.9 Å². The molecule has 5 rings (SSSR count). The first-order valence-corrected chi connectivity index (χ1v) is 9.80. The SMILES string of the molecule is O=C(c1cccc2c1OC(F)(F)O2)N1CCC(F)(F)C(Oc2ccc3ccccc3n2)C1. The van der Waals surface area contributed by atoms with Crippen molar-refractivity contribution in [3.05, 3.63) is 60.2 Å². The molecule has 32 heavy (non-hydrogen) atoms. The number of halogens is 4. The van der Waals surface area contributed by atoms with Crippen LogP contribution in [-0.2, 0) is 0 Å². The van der Waals surface area contributed by atoms with E-state index in [9.17, 15) is 22.4 Å². The number of hydrogen-bond donors (Lipinski definition) is 0. The minimum absolute atomic E-state index is 0.000322. The van der Waals surface area contributed by atoms with E-state index in [1.165, 1.54) is 24.3 Å². The highest BCUT2D eigenvalue weighted by atomic mass is 19.3. The van der Waals surface area contributed by atoms with E-state index in [2.05, 4.69) is 14.5 Å². The molecule has 1 aromatic heterocycles. The largest absolute Gasteiger partial charge is 0.586 e. The lowest BCUT2D eigenvalue weighted by Crippen LogP contribution is -2.55. The fraction of sp³-hybridized carbons (Fsp3) is 0.273. The summed E-state index contributed by atoms with van der Waals surface area (Å²) >= 11 is 0. The van der Waals surface area contributed by atoms with Gasteiger partial charge in [-0.05, 0) is 24.3 Å². The number of para-hydroxylation sites is 2. The van der Waals surface area contributed by atoms with Gasteiger partial charge in [0.05, 0.1) is 17.6 Å². The number of nitrogens with zero attached hydrogens (tertiary/aromatic N) is 2. The molecule has 1 amide bonds. The smallest absolute Gasteiger partial charge is 0.466 e. The molecule has 0 N–H and O–H groups in total. The van der Waals surface area contributed by atoms with E-state index >= 15 is 0 Å². The molecule has 0 aliphatic carbocycles. The highest BCUT2D eigenvalue weighted by Gasteiger charge is 2.49. The first-order valence-electron chi connectivity index (χ1n) is 9.80. The highest BCUT2D eigenvalue weighted by molar-refractivity contribution is 5.98. The molecule has 10 heteroatoms. The number of hydrogen-bond acceptors (Lipinski definition) is 5. The second kappa shape index (κ2) is 7.25. The van der Waals surface area contributed by atoms with Gasteiger partial charge in [-0.3, -0.25) is 4.79 Å². The Labute approximate surface area is 179 Å². The van der Waals surface area contributed by atoms with Crippen molar-refractivity contribution in [1.29, 1.82) is 0 Å². The molecule has 0 saturated carbocycles. The molecule has 1 fully saturated rings. The molecule has 3 heterocycles. The number of benzene rings is 2. The molecule has 0 bridgehead atoms. The van der Waals surface area contributed by atoms with Gasteiger partial charge in [-0.2, -0.15) is 0 Å². The summed E-state index contributed by atoms with van der Waals surface area (Å²) in [6.45, 7) is -0.737. The van der Waals surface area contributed by atoms with Crippen LogP contribution in [0.15, 0.2) is 54.6 Å². The Morgan fingerprint density at radius 2 is 1.84 bits per heavy atom. The zero-order chi connectivity index (χ0) is 22.5. The van der Waals surface area contributed by atoms with Crippen molar-refractivity contribution in [2.75, 3.05) is 13.1 Å². The molecule has 0 spiro atoms. The van der Waals surface area contributed by atoms with Crippen LogP contribution in [0.2, 0.25) is 0 Å². The molecular weight excluding hydrogens is 432 g/mol. The van der Waals surface area contributed by atoms with Gasteiger partial charge in [0, 0.05) is 24.4 Å². The summed E-state index contributed by atoms with van der Waals surface area (Å²) in [6.07, 6.45) is -6.22. The fourth-order valence-corrected chi connectivity index (χ4v) is 3.74. The second-order valence-electron chi connectivity index (χ2n) is 7.51. The van der Waals surface area contributed by atoms with Crippen LogP contribution in [0, 0.1) is 0 Å². The molecule has 2 aliphatic heterocycles. The topological polar surface area (TPSA) is 60.9 Å². The van der Waals surface area contributed by atoms with E-state index in [0.717, 1.165) is 10.3 Å². The van der Waals surface area contributed by atoms with E-state index in [0.29, 0.717) is 5.52 Å². The minimum Gasteiger partial charge on any atom is -0.466 e. The summed E-state index contributed by atoms with van der Waals surface area (Å²) in [4.78, 5) is 18.4. The van der Waals surface area contributed by atoms with Crippen LogP contribution >= 0.6 is 0 Å². The zero-order valence-corrected chi connectivity index (χ0v) is 16.4. The maximum atomic E-state index is 14.6. The molecule has 3 aromatic rings. The number of ether oxygens (including phenoxy) is 3. The fourth-order valence-electron chi connectivity index (χ4n) is 3.74. The van der Waals surface area contributed by atoms with Crippen molar-refractivity contribution < 1.29 is 36.6 Å². The van der Waals surface area contributed by atoms with Crippen molar-refractivity contribution in [3.63, 3.8) is 0 Å². The normalized spacial score (nSPS) is 20.9. The lowest BCUT2D eigenvalue weighted by atomic mass is 10.0. The van der Waals surface area contributed by atoms with Gasteiger partial charge in [-0.25, -0.2) is 13.8 Å². The number of fused-ring (bicyclic) bond motifs is 2. The predicted octanol–water partition coefficient (Wildman–Crippen LogP) is 4.49. The average molecular weight is 448 g/mol. The Bertz CT molecular complexity index is 1200. The number of carbonyl (C=O) groups excluding carboxylic acids is 1. The maximum Gasteiger partial charge on any atom is 0.586 e. The molecule has 1 atom stereocenters. The number of alkyl halides is 4. The molecule has 0 radical (unpaired) electrons. The van der Waals surface area contributed by atoms with E-state index in [-0.39, 0.29) is 23.7 Å². The van der Waals surface area contributed by atoms with Crippen LogP contribution in [0.1, 0.15) is 16.8 Å². The lowest BCUT2D eigenvalue weighted by molar-refractivity contribution is -0.286. The number of rotatable bonds is 3. The van der Waals surface area contributed by atoms with Crippen LogP contribution in [0.5, 0.6) is 17.4 Å². The number of pyridine rings is 1. The van der Waals surface area contributed by atoms with E-state index in [1.807, 2.05) is 12.1 Å². The van der Waals surface area contributed by atoms with Gasteiger partial charge in [0.15, 0.2) is 17.6 Å². The summed E-state index contributed by atoms with van der Waals surface area (Å²) in [5, 5.41) is 0.823. The number of likely N-dealkylation sites (tertiary alicyclic amines) is 1. The second-order valence-corrected chi connectivity index (χ2v) is 7.51. The van der Waals surface area contributed by atoms with Crippen LogP contribution in [0.4, 0.5) is 17.6 Å². The number of carbonyl (C=O) groups is 1. The van der Waals surface area contributed by atoms with E-state index in [4.69, 9.17) is 4.74 Å². The zero-order valence-electron chi connectivity index (χ0n) is 16.4. The third-order valence-electron chi connectivity index (χ3n) is 5.35. The highest BCUT2D eigenvalue weighted by Crippen LogP contribution is 2.44. The van der Waals surface area contributed by atoms with Gasteiger partial charge in [0.2, 0.25) is 5.88 Å². The molecular formula is C22H16F4N2O4. The van der Waals surface area contributed by atoms with Gasteiger partial charge in [-0.1, -0.05) is 24.3 Å². The Morgan fingerprint density at radius 1 is 1.03 bits per heavy atom.